The van der Waals surface area contributed by atoms with Crippen molar-refractivity contribution in [3.05, 3.63) is 12.7 Å². The summed E-state index contributed by atoms with van der Waals surface area (Å²) in [6, 6.07) is 0. The van der Waals surface area contributed by atoms with Gasteiger partial charge in [0.25, 0.3) is 0 Å². The number of rotatable bonds is 6. The second-order valence-corrected chi connectivity index (χ2v) is 3.34. The molecule has 0 aromatic rings. The highest BCUT2D eigenvalue weighted by atomic mass is 16.4. The first kappa shape index (κ1) is 12.6. The van der Waals surface area contributed by atoms with Gasteiger partial charge in [-0.3, -0.25) is 9.59 Å². The van der Waals surface area contributed by atoms with Gasteiger partial charge in [0.05, 0.1) is 12.0 Å². The predicted molar refractivity (Wildman–Crippen MR) is 50.7 cm³/mol. The Morgan fingerprint density at radius 3 is 2.57 bits per heavy atom. The highest BCUT2D eigenvalue weighted by Crippen LogP contribution is 2.07. The van der Waals surface area contributed by atoms with Crippen molar-refractivity contribution in [2.45, 2.75) is 25.4 Å². The van der Waals surface area contributed by atoms with Crippen molar-refractivity contribution in [2.24, 2.45) is 0 Å². The van der Waals surface area contributed by atoms with Gasteiger partial charge >= 0.3 is 5.97 Å². The molecule has 1 atom stereocenters. The van der Waals surface area contributed by atoms with E-state index in [1.807, 2.05) is 0 Å². The van der Waals surface area contributed by atoms with E-state index in [1.54, 1.807) is 0 Å². The van der Waals surface area contributed by atoms with Crippen molar-refractivity contribution in [3.8, 4) is 0 Å². The van der Waals surface area contributed by atoms with E-state index in [1.165, 1.54) is 13.0 Å². The van der Waals surface area contributed by atoms with Gasteiger partial charge in [-0.25, -0.2) is 0 Å². The van der Waals surface area contributed by atoms with E-state index in [2.05, 4.69) is 11.9 Å². The molecule has 14 heavy (non-hydrogen) atoms. The maximum Gasteiger partial charge on any atom is 0.306 e. The molecular formula is C9H15NO4. The molecule has 5 nitrogen and oxygen atoms in total. The van der Waals surface area contributed by atoms with Gasteiger partial charge in [0.2, 0.25) is 5.91 Å². The highest BCUT2D eigenvalue weighted by molar-refractivity contribution is 5.77. The van der Waals surface area contributed by atoms with Gasteiger partial charge in [-0.15, -0.1) is 6.58 Å². The molecule has 0 radical (unpaired) electrons. The van der Waals surface area contributed by atoms with E-state index in [0.29, 0.717) is 0 Å². The molecule has 0 aromatic carbocycles. The molecule has 0 bridgehead atoms. The van der Waals surface area contributed by atoms with Crippen LogP contribution in [0.2, 0.25) is 0 Å². The van der Waals surface area contributed by atoms with E-state index in [0.717, 1.165) is 0 Å². The number of aliphatic carboxylic acids is 1. The minimum atomic E-state index is -1.41. The molecule has 5 heteroatoms. The van der Waals surface area contributed by atoms with Crippen LogP contribution in [-0.4, -0.2) is 34.2 Å². The molecule has 0 aliphatic carbocycles. The summed E-state index contributed by atoms with van der Waals surface area (Å²) in [6.45, 7) is 4.66. The summed E-state index contributed by atoms with van der Waals surface area (Å²) in [6.07, 6.45) is 1.19. The van der Waals surface area contributed by atoms with Gasteiger partial charge in [0, 0.05) is 13.0 Å². The van der Waals surface area contributed by atoms with Crippen LogP contribution in [0.5, 0.6) is 0 Å². The third-order valence-electron chi connectivity index (χ3n) is 1.53. The van der Waals surface area contributed by atoms with Gasteiger partial charge in [-0.2, -0.15) is 0 Å². The number of carbonyl (C=O) groups is 2. The Kier molecular flexibility index (Phi) is 4.86. The smallest absolute Gasteiger partial charge is 0.306 e. The van der Waals surface area contributed by atoms with Crippen molar-refractivity contribution in [1.29, 1.82) is 0 Å². The zero-order valence-corrected chi connectivity index (χ0v) is 8.12. The Labute approximate surface area is 82.4 Å². The minimum absolute atomic E-state index is 0.0774. The lowest BCUT2D eigenvalue weighted by Gasteiger charge is -2.21. The van der Waals surface area contributed by atoms with Crippen LogP contribution in [0.4, 0.5) is 0 Å². The van der Waals surface area contributed by atoms with Crippen molar-refractivity contribution in [1.82, 2.24) is 5.32 Å². The molecule has 0 aliphatic heterocycles. The normalized spacial score (nSPS) is 14.1. The van der Waals surface area contributed by atoms with Gasteiger partial charge in [0.1, 0.15) is 0 Å². The lowest BCUT2D eigenvalue weighted by molar-refractivity contribution is -0.142. The van der Waals surface area contributed by atoms with Crippen LogP contribution in [0.25, 0.3) is 0 Å². The van der Waals surface area contributed by atoms with E-state index < -0.39 is 18.0 Å². The second kappa shape index (κ2) is 5.39. The monoisotopic (exact) mass is 201 g/mol. The summed E-state index contributed by atoms with van der Waals surface area (Å²) in [4.78, 5) is 21.2. The van der Waals surface area contributed by atoms with E-state index in [9.17, 15) is 14.7 Å². The van der Waals surface area contributed by atoms with Crippen LogP contribution in [0.15, 0.2) is 12.7 Å². The molecule has 0 aliphatic rings. The summed E-state index contributed by atoms with van der Waals surface area (Å²) in [7, 11) is 0. The number of carbonyl (C=O) groups excluding carboxylic acids is 1. The summed E-state index contributed by atoms with van der Waals surface area (Å²) in [5.74, 6) is -1.39. The molecule has 3 N–H and O–H groups in total. The topological polar surface area (TPSA) is 86.6 Å². The van der Waals surface area contributed by atoms with E-state index >= 15 is 0 Å². The second-order valence-electron chi connectivity index (χ2n) is 3.34. The number of amides is 1. The fraction of sp³-hybridized carbons (Fsp3) is 0.556. The first-order valence-corrected chi connectivity index (χ1v) is 4.19. The zero-order chi connectivity index (χ0) is 11.2. The van der Waals surface area contributed by atoms with Crippen molar-refractivity contribution in [3.63, 3.8) is 0 Å². The van der Waals surface area contributed by atoms with Gasteiger partial charge in [0.15, 0.2) is 0 Å². The van der Waals surface area contributed by atoms with Crippen LogP contribution in [0.1, 0.15) is 19.8 Å². The molecule has 0 saturated carbocycles. The average molecular weight is 201 g/mol. The zero-order valence-electron chi connectivity index (χ0n) is 8.12. The van der Waals surface area contributed by atoms with E-state index in [-0.39, 0.29) is 18.9 Å². The van der Waals surface area contributed by atoms with Crippen molar-refractivity contribution in [2.75, 3.05) is 6.54 Å². The molecule has 0 heterocycles. The van der Waals surface area contributed by atoms with Crippen LogP contribution < -0.4 is 5.32 Å². The van der Waals surface area contributed by atoms with Crippen LogP contribution >= 0.6 is 0 Å². The number of aliphatic hydroxyl groups is 1. The molecule has 0 rings (SSSR count). The SMILES string of the molecule is C=CCC(=O)NCC(C)(O)CC(=O)O. The fourth-order valence-electron chi connectivity index (χ4n) is 0.881. The van der Waals surface area contributed by atoms with E-state index in [4.69, 9.17) is 5.11 Å². The first-order chi connectivity index (χ1) is 6.37. The summed E-state index contributed by atoms with van der Waals surface area (Å²) >= 11 is 0. The Hall–Kier alpha value is -1.36. The Morgan fingerprint density at radius 2 is 2.14 bits per heavy atom. The molecule has 0 fully saturated rings. The summed E-state index contributed by atoms with van der Waals surface area (Å²) in [5.41, 5.74) is -1.41. The number of carboxylic acids is 1. The number of hydrogen-bond acceptors (Lipinski definition) is 3. The number of hydrogen-bond donors (Lipinski definition) is 3. The Bertz CT molecular complexity index is 235. The maximum atomic E-state index is 10.9. The fourth-order valence-corrected chi connectivity index (χ4v) is 0.881. The predicted octanol–water partition coefficient (Wildman–Crippen LogP) is -0.0956. The van der Waals surface area contributed by atoms with Crippen LogP contribution in [-0.2, 0) is 9.59 Å². The average Bonchev–Trinajstić information content (AvgIpc) is 1.99. The molecular weight excluding hydrogens is 186 g/mol. The molecule has 1 amide bonds. The quantitative estimate of drug-likeness (QED) is 0.524. The highest BCUT2D eigenvalue weighted by Gasteiger charge is 2.24. The standard InChI is InChI=1S/C9H15NO4/c1-3-4-7(11)10-6-9(2,14)5-8(12)13/h3,14H,1,4-6H2,2H3,(H,10,11)(H,12,13). The molecule has 0 aromatic heterocycles. The maximum absolute atomic E-state index is 10.9. The number of carboxylic acid groups (broad SMARTS) is 1. The molecule has 0 saturated heterocycles. The van der Waals surface area contributed by atoms with Gasteiger partial charge in [-0.05, 0) is 6.92 Å². The third-order valence-corrected chi connectivity index (χ3v) is 1.53. The molecule has 80 valence electrons. The lowest BCUT2D eigenvalue weighted by atomic mass is 10.0. The summed E-state index contributed by atoms with van der Waals surface area (Å²) in [5, 5.41) is 20.3. The Morgan fingerprint density at radius 1 is 1.57 bits per heavy atom. The Balaban J connectivity index is 3.91. The summed E-state index contributed by atoms with van der Waals surface area (Å²) < 4.78 is 0. The molecule has 1 unspecified atom stereocenters. The largest absolute Gasteiger partial charge is 0.481 e. The van der Waals surface area contributed by atoms with Gasteiger partial charge < -0.3 is 15.5 Å². The first-order valence-electron chi connectivity index (χ1n) is 4.19. The molecule has 0 spiro atoms. The van der Waals surface area contributed by atoms with Crippen LogP contribution in [0.3, 0.4) is 0 Å². The minimum Gasteiger partial charge on any atom is -0.481 e. The van der Waals surface area contributed by atoms with Crippen molar-refractivity contribution >= 4 is 11.9 Å². The van der Waals surface area contributed by atoms with Crippen LogP contribution in [0, 0.1) is 0 Å². The third kappa shape index (κ3) is 6.19. The van der Waals surface area contributed by atoms with Gasteiger partial charge in [-0.1, -0.05) is 6.08 Å². The van der Waals surface area contributed by atoms with Crippen molar-refractivity contribution < 1.29 is 19.8 Å². The lowest BCUT2D eigenvalue weighted by Crippen LogP contribution is -2.41. The number of nitrogens with one attached hydrogen (secondary N) is 1.